The second-order valence-corrected chi connectivity index (χ2v) is 4.88. The van der Waals surface area contributed by atoms with Crippen LogP contribution in [0.25, 0.3) is 0 Å². The lowest BCUT2D eigenvalue weighted by Crippen LogP contribution is -2.03. The lowest BCUT2D eigenvalue weighted by atomic mass is 10.0. The Bertz CT molecular complexity index is 435. The normalized spacial score (nSPS) is 11.7. The van der Waals surface area contributed by atoms with E-state index in [0.29, 0.717) is 13.2 Å². The Kier molecular flexibility index (Phi) is 6.07. The third-order valence-corrected chi connectivity index (χ3v) is 3.15. The maximum Gasteiger partial charge on any atom is 0.137 e. The van der Waals surface area contributed by atoms with Gasteiger partial charge in [0.25, 0.3) is 0 Å². The Labute approximate surface area is 118 Å². The monoisotopic (exact) mass is 310 g/mol. The molecule has 3 heteroatoms. The maximum absolute atomic E-state index is 5.65. The molecule has 1 unspecified atom stereocenters. The van der Waals surface area contributed by atoms with Gasteiger partial charge in [0, 0.05) is 12.0 Å². The van der Waals surface area contributed by atoms with Crippen molar-refractivity contribution in [3.63, 3.8) is 0 Å². The molecule has 0 bridgehead atoms. The lowest BCUT2D eigenvalue weighted by molar-refractivity contribution is 0.319. The molecule has 0 saturated carbocycles. The molecule has 0 amide bonds. The summed E-state index contributed by atoms with van der Waals surface area (Å²) in [5.41, 5.74) is 1.11. The molecule has 0 spiro atoms. The Morgan fingerprint density at radius 1 is 1.22 bits per heavy atom. The van der Waals surface area contributed by atoms with Crippen LogP contribution in [0.15, 0.2) is 16.6 Å². The fourth-order valence-corrected chi connectivity index (χ4v) is 2.19. The highest BCUT2D eigenvalue weighted by Gasteiger charge is 2.12. The molecule has 1 rings (SSSR count). The standard InChI is InChI=1S/C15H19BrO2/c1-5-11(4)8-12-9-13(16)15(18-7-3)10-14(12)17-6-2/h1,9-11H,6-8H2,2-4H3. The van der Waals surface area contributed by atoms with Crippen LogP contribution >= 0.6 is 15.9 Å². The van der Waals surface area contributed by atoms with Gasteiger partial charge in [-0.15, -0.1) is 12.3 Å². The topological polar surface area (TPSA) is 18.5 Å². The van der Waals surface area contributed by atoms with E-state index in [-0.39, 0.29) is 5.92 Å². The molecule has 98 valence electrons. The molecule has 0 aromatic heterocycles. The van der Waals surface area contributed by atoms with Gasteiger partial charge in [-0.2, -0.15) is 0 Å². The summed E-state index contributed by atoms with van der Waals surface area (Å²) in [6.45, 7) is 7.22. The van der Waals surface area contributed by atoms with Gasteiger partial charge in [0.15, 0.2) is 0 Å². The number of halogens is 1. The van der Waals surface area contributed by atoms with Crippen molar-refractivity contribution in [2.45, 2.75) is 27.2 Å². The van der Waals surface area contributed by atoms with Crippen LogP contribution in [0.1, 0.15) is 26.3 Å². The van der Waals surface area contributed by atoms with Crippen LogP contribution in [0.4, 0.5) is 0 Å². The molecule has 0 radical (unpaired) electrons. The van der Waals surface area contributed by atoms with Crippen molar-refractivity contribution >= 4 is 15.9 Å². The molecule has 2 nitrogen and oxygen atoms in total. The highest BCUT2D eigenvalue weighted by atomic mass is 79.9. The zero-order valence-corrected chi connectivity index (χ0v) is 12.7. The third-order valence-electron chi connectivity index (χ3n) is 2.53. The minimum atomic E-state index is 0.189. The number of terminal acetylenes is 1. The molecule has 1 aromatic carbocycles. The molecule has 0 saturated heterocycles. The van der Waals surface area contributed by atoms with Gasteiger partial charge in [-0.1, -0.05) is 6.92 Å². The zero-order valence-electron chi connectivity index (χ0n) is 11.1. The Morgan fingerprint density at radius 3 is 2.39 bits per heavy atom. The summed E-state index contributed by atoms with van der Waals surface area (Å²) in [6.07, 6.45) is 6.23. The van der Waals surface area contributed by atoms with Crippen LogP contribution in [-0.2, 0) is 6.42 Å². The van der Waals surface area contributed by atoms with Crippen molar-refractivity contribution < 1.29 is 9.47 Å². The van der Waals surface area contributed by atoms with Crippen molar-refractivity contribution in [2.24, 2.45) is 5.92 Å². The van der Waals surface area contributed by atoms with E-state index in [1.165, 1.54) is 0 Å². The summed E-state index contributed by atoms with van der Waals surface area (Å²) in [4.78, 5) is 0. The first-order valence-corrected chi connectivity index (χ1v) is 6.95. The van der Waals surface area contributed by atoms with Gasteiger partial charge in [0.2, 0.25) is 0 Å². The third kappa shape index (κ3) is 3.96. The predicted molar refractivity (Wildman–Crippen MR) is 78.2 cm³/mol. The molecule has 0 aliphatic rings. The predicted octanol–water partition coefficient (Wildman–Crippen LogP) is 4.06. The number of benzene rings is 1. The van der Waals surface area contributed by atoms with E-state index in [0.717, 1.165) is 28.0 Å². The highest BCUT2D eigenvalue weighted by Crippen LogP contribution is 2.34. The summed E-state index contributed by atoms with van der Waals surface area (Å²) in [5.74, 6) is 4.59. The molecular weight excluding hydrogens is 292 g/mol. The van der Waals surface area contributed by atoms with Crippen LogP contribution < -0.4 is 9.47 Å². The first-order valence-electron chi connectivity index (χ1n) is 6.16. The highest BCUT2D eigenvalue weighted by molar-refractivity contribution is 9.10. The van der Waals surface area contributed by atoms with Gasteiger partial charge >= 0.3 is 0 Å². The average molecular weight is 311 g/mol. The van der Waals surface area contributed by atoms with Gasteiger partial charge in [-0.3, -0.25) is 0 Å². The second-order valence-electron chi connectivity index (χ2n) is 4.03. The maximum atomic E-state index is 5.65. The van der Waals surface area contributed by atoms with E-state index in [9.17, 15) is 0 Å². The molecule has 18 heavy (non-hydrogen) atoms. The van der Waals surface area contributed by atoms with Crippen molar-refractivity contribution in [3.05, 3.63) is 22.2 Å². The quantitative estimate of drug-likeness (QED) is 0.738. The van der Waals surface area contributed by atoms with Crippen LogP contribution in [-0.4, -0.2) is 13.2 Å². The molecule has 0 aliphatic heterocycles. The van der Waals surface area contributed by atoms with E-state index in [4.69, 9.17) is 15.9 Å². The van der Waals surface area contributed by atoms with Crippen LogP contribution in [0.3, 0.4) is 0 Å². The van der Waals surface area contributed by atoms with Gasteiger partial charge in [-0.25, -0.2) is 0 Å². The summed E-state index contributed by atoms with van der Waals surface area (Å²) in [5, 5.41) is 0. The minimum Gasteiger partial charge on any atom is -0.493 e. The fraction of sp³-hybridized carbons (Fsp3) is 0.467. The average Bonchev–Trinajstić information content (AvgIpc) is 2.35. The molecule has 0 fully saturated rings. The van der Waals surface area contributed by atoms with E-state index < -0.39 is 0 Å². The Morgan fingerprint density at radius 2 is 1.83 bits per heavy atom. The van der Waals surface area contributed by atoms with Crippen LogP contribution in [0, 0.1) is 18.3 Å². The fourth-order valence-electron chi connectivity index (χ4n) is 1.68. The van der Waals surface area contributed by atoms with Gasteiger partial charge in [-0.05, 0) is 47.8 Å². The molecule has 0 N–H and O–H groups in total. The smallest absolute Gasteiger partial charge is 0.137 e. The second kappa shape index (κ2) is 7.33. The molecular formula is C15H19BrO2. The molecule has 0 aliphatic carbocycles. The van der Waals surface area contributed by atoms with Crippen molar-refractivity contribution in [2.75, 3.05) is 13.2 Å². The summed E-state index contributed by atoms with van der Waals surface area (Å²) in [6, 6.07) is 3.96. The number of hydrogen-bond acceptors (Lipinski definition) is 2. The summed E-state index contributed by atoms with van der Waals surface area (Å²) >= 11 is 3.51. The van der Waals surface area contributed by atoms with Gasteiger partial charge in [0.1, 0.15) is 11.5 Å². The minimum absolute atomic E-state index is 0.189. The van der Waals surface area contributed by atoms with E-state index >= 15 is 0 Å². The summed E-state index contributed by atoms with van der Waals surface area (Å²) < 4.78 is 12.1. The summed E-state index contributed by atoms with van der Waals surface area (Å²) in [7, 11) is 0. The van der Waals surface area contributed by atoms with Crippen molar-refractivity contribution in [1.82, 2.24) is 0 Å². The van der Waals surface area contributed by atoms with Crippen LogP contribution in [0.2, 0.25) is 0 Å². The van der Waals surface area contributed by atoms with Crippen molar-refractivity contribution in [1.29, 1.82) is 0 Å². The molecule has 0 heterocycles. The Hall–Kier alpha value is -1.14. The number of rotatable bonds is 6. The largest absolute Gasteiger partial charge is 0.493 e. The zero-order chi connectivity index (χ0) is 13.5. The first kappa shape index (κ1) is 14.9. The van der Waals surface area contributed by atoms with Gasteiger partial charge < -0.3 is 9.47 Å². The van der Waals surface area contributed by atoms with E-state index in [1.807, 2.05) is 32.9 Å². The van der Waals surface area contributed by atoms with Gasteiger partial charge in [0.05, 0.1) is 17.7 Å². The number of ether oxygens (including phenoxy) is 2. The van der Waals surface area contributed by atoms with Crippen LogP contribution in [0.5, 0.6) is 11.5 Å². The SMILES string of the molecule is C#CC(C)Cc1cc(Br)c(OCC)cc1OCC. The molecule has 1 atom stereocenters. The van der Waals surface area contributed by atoms with E-state index in [2.05, 4.69) is 21.9 Å². The molecule has 1 aromatic rings. The Balaban J connectivity index is 3.08. The van der Waals surface area contributed by atoms with Crippen molar-refractivity contribution in [3.8, 4) is 23.8 Å². The lowest BCUT2D eigenvalue weighted by Gasteiger charge is -2.15. The van der Waals surface area contributed by atoms with E-state index in [1.54, 1.807) is 0 Å². The first-order chi connectivity index (χ1) is 8.62. The number of hydrogen-bond donors (Lipinski definition) is 0.